The summed E-state index contributed by atoms with van der Waals surface area (Å²) in [4.78, 5) is 24.4. The summed E-state index contributed by atoms with van der Waals surface area (Å²) in [5.74, 6) is -0.788. The SMILES string of the molecule is CCCc1ccc(C(=O)CCC(=O)Nc2ccc3c(c2F)CCNC3)cc1.Cl. The molecule has 1 aliphatic heterocycles. The summed E-state index contributed by atoms with van der Waals surface area (Å²) in [7, 11) is 0. The van der Waals surface area contributed by atoms with E-state index >= 15 is 0 Å². The number of fused-ring (bicyclic) bond motifs is 1. The predicted molar refractivity (Wildman–Crippen MR) is 112 cm³/mol. The number of rotatable bonds is 7. The van der Waals surface area contributed by atoms with Crippen molar-refractivity contribution in [3.05, 3.63) is 64.5 Å². The molecule has 0 saturated carbocycles. The van der Waals surface area contributed by atoms with Gasteiger partial charge in [0.05, 0.1) is 5.69 Å². The van der Waals surface area contributed by atoms with Crippen LogP contribution >= 0.6 is 12.4 Å². The van der Waals surface area contributed by atoms with Gasteiger partial charge in [0.25, 0.3) is 0 Å². The average Bonchev–Trinajstić information content (AvgIpc) is 2.69. The topological polar surface area (TPSA) is 58.2 Å². The number of aryl methyl sites for hydroxylation is 1. The van der Waals surface area contributed by atoms with Crippen molar-refractivity contribution < 1.29 is 14.0 Å². The number of anilines is 1. The van der Waals surface area contributed by atoms with E-state index in [-0.39, 0.29) is 48.4 Å². The highest BCUT2D eigenvalue weighted by Crippen LogP contribution is 2.24. The molecule has 0 saturated heterocycles. The molecule has 1 heterocycles. The molecule has 150 valence electrons. The zero-order valence-corrected chi connectivity index (χ0v) is 16.8. The lowest BCUT2D eigenvalue weighted by molar-refractivity contribution is -0.116. The minimum absolute atomic E-state index is 0. The minimum atomic E-state index is -0.361. The fourth-order valence-electron chi connectivity index (χ4n) is 3.36. The fourth-order valence-corrected chi connectivity index (χ4v) is 3.36. The molecule has 2 aromatic carbocycles. The van der Waals surface area contributed by atoms with Gasteiger partial charge in [0, 0.05) is 24.9 Å². The molecule has 0 atom stereocenters. The van der Waals surface area contributed by atoms with Crippen LogP contribution in [0, 0.1) is 5.82 Å². The van der Waals surface area contributed by atoms with Gasteiger partial charge in [-0.1, -0.05) is 43.7 Å². The van der Waals surface area contributed by atoms with Crippen LogP contribution in [0.1, 0.15) is 53.2 Å². The number of carbonyl (C=O) groups excluding carboxylic acids is 2. The molecule has 6 heteroatoms. The van der Waals surface area contributed by atoms with Gasteiger partial charge in [0.1, 0.15) is 5.82 Å². The Bertz CT molecular complexity index is 837. The van der Waals surface area contributed by atoms with E-state index in [2.05, 4.69) is 17.6 Å². The first-order chi connectivity index (χ1) is 13.1. The number of amides is 1. The zero-order chi connectivity index (χ0) is 19.2. The highest BCUT2D eigenvalue weighted by atomic mass is 35.5. The number of ketones is 1. The Balaban J connectivity index is 0.00000280. The Morgan fingerprint density at radius 1 is 1.11 bits per heavy atom. The fraction of sp³-hybridized carbons (Fsp3) is 0.364. The molecule has 28 heavy (non-hydrogen) atoms. The van der Waals surface area contributed by atoms with E-state index in [1.165, 1.54) is 5.56 Å². The number of Topliss-reactive ketones (excluding diaryl/α,β-unsaturated/α-hetero) is 1. The molecule has 1 aliphatic rings. The van der Waals surface area contributed by atoms with Crippen molar-refractivity contribution in [1.82, 2.24) is 5.32 Å². The van der Waals surface area contributed by atoms with Crippen molar-refractivity contribution in [1.29, 1.82) is 0 Å². The predicted octanol–water partition coefficient (Wildman–Crippen LogP) is 4.45. The van der Waals surface area contributed by atoms with Gasteiger partial charge in [-0.05, 0) is 42.1 Å². The maximum absolute atomic E-state index is 14.6. The second-order valence-electron chi connectivity index (χ2n) is 6.91. The Labute approximate surface area is 171 Å². The molecule has 0 spiro atoms. The summed E-state index contributed by atoms with van der Waals surface area (Å²) < 4.78 is 14.6. The van der Waals surface area contributed by atoms with E-state index in [9.17, 15) is 14.0 Å². The Morgan fingerprint density at radius 3 is 2.57 bits per heavy atom. The maximum atomic E-state index is 14.6. The van der Waals surface area contributed by atoms with E-state index in [1.807, 2.05) is 30.3 Å². The Hall–Kier alpha value is -2.24. The number of halogens is 2. The van der Waals surface area contributed by atoms with Gasteiger partial charge in [-0.2, -0.15) is 0 Å². The summed E-state index contributed by atoms with van der Waals surface area (Å²) in [6.45, 7) is 3.48. The van der Waals surface area contributed by atoms with Crippen LogP contribution in [0.4, 0.5) is 10.1 Å². The van der Waals surface area contributed by atoms with Crippen molar-refractivity contribution in [2.45, 2.75) is 45.6 Å². The first-order valence-corrected chi connectivity index (χ1v) is 9.51. The molecule has 1 amide bonds. The van der Waals surface area contributed by atoms with Crippen LogP contribution in [-0.4, -0.2) is 18.2 Å². The van der Waals surface area contributed by atoms with Gasteiger partial charge >= 0.3 is 0 Å². The van der Waals surface area contributed by atoms with Crippen molar-refractivity contribution in [2.75, 3.05) is 11.9 Å². The highest BCUT2D eigenvalue weighted by Gasteiger charge is 2.18. The van der Waals surface area contributed by atoms with E-state index in [0.29, 0.717) is 24.1 Å². The van der Waals surface area contributed by atoms with Gasteiger partial charge in [-0.15, -0.1) is 12.4 Å². The minimum Gasteiger partial charge on any atom is -0.324 e. The number of hydrogen-bond donors (Lipinski definition) is 2. The summed E-state index contributed by atoms with van der Waals surface area (Å²) >= 11 is 0. The third kappa shape index (κ3) is 5.40. The largest absolute Gasteiger partial charge is 0.324 e. The van der Waals surface area contributed by atoms with Crippen LogP contribution in [0.25, 0.3) is 0 Å². The van der Waals surface area contributed by atoms with Crippen LogP contribution in [0.5, 0.6) is 0 Å². The second kappa shape index (κ2) is 10.3. The smallest absolute Gasteiger partial charge is 0.224 e. The molecule has 0 radical (unpaired) electrons. The van der Waals surface area contributed by atoms with Crippen LogP contribution < -0.4 is 10.6 Å². The summed E-state index contributed by atoms with van der Waals surface area (Å²) in [6, 6.07) is 10.9. The van der Waals surface area contributed by atoms with Crippen molar-refractivity contribution in [3.8, 4) is 0 Å². The summed E-state index contributed by atoms with van der Waals surface area (Å²) in [5.41, 5.74) is 3.59. The molecular weight excluding hydrogens is 379 g/mol. The van der Waals surface area contributed by atoms with Crippen molar-refractivity contribution in [2.24, 2.45) is 0 Å². The van der Waals surface area contributed by atoms with Gasteiger partial charge < -0.3 is 10.6 Å². The number of carbonyl (C=O) groups is 2. The number of nitrogens with one attached hydrogen (secondary N) is 2. The highest BCUT2D eigenvalue weighted by molar-refractivity contribution is 6.00. The normalized spacial score (nSPS) is 12.6. The van der Waals surface area contributed by atoms with Crippen LogP contribution in [-0.2, 0) is 24.2 Å². The molecule has 0 bridgehead atoms. The molecule has 0 unspecified atom stereocenters. The number of hydrogen-bond acceptors (Lipinski definition) is 3. The van der Waals surface area contributed by atoms with E-state index in [0.717, 1.165) is 24.9 Å². The molecule has 2 N–H and O–H groups in total. The van der Waals surface area contributed by atoms with Gasteiger partial charge in [0.15, 0.2) is 5.78 Å². The molecule has 4 nitrogen and oxygen atoms in total. The second-order valence-corrected chi connectivity index (χ2v) is 6.91. The molecule has 3 rings (SSSR count). The van der Waals surface area contributed by atoms with Gasteiger partial charge in [-0.3, -0.25) is 9.59 Å². The molecule has 0 aliphatic carbocycles. The van der Waals surface area contributed by atoms with Crippen LogP contribution in [0.2, 0.25) is 0 Å². The molecule has 0 fully saturated rings. The van der Waals surface area contributed by atoms with Gasteiger partial charge in [0.2, 0.25) is 5.91 Å². The van der Waals surface area contributed by atoms with E-state index in [1.54, 1.807) is 6.07 Å². The lowest BCUT2D eigenvalue weighted by Crippen LogP contribution is -2.25. The molecule has 2 aromatic rings. The Morgan fingerprint density at radius 2 is 1.86 bits per heavy atom. The van der Waals surface area contributed by atoms with Gasteiger partial charge in [-0.25, -0.2) is 4.39 Å². The van der Waals surface area contributed by atoms with E-state index in [4.69, 9.17) is 0 Å². The third-order valence-corrected chi connectivity index (χ3v) is 4.88. The first-order valence-electron chi connectivity index (χ1n) is 9.51. The van der Waals surface area contributed by atoms with E-state index < -0.39 is 0 Å². The number of benzene rings is 2. The zero-order valence-electron chi connectivity index (χ0n) is 16.0. The Kier molecular flexibility index (Phi) is 8.15. The quantitative estimate of drug-likeness (QED) is 0.670. The summed E-state index contributed by atoms with van der Waals surface area (Å²) in [6.07, 6.45) is 2.79. The lowest BCUT2D eigenvalue weighted by atomic mass is 9.99. The molecule has 0 aromatic heterocycles. The first kappa shape index (κ1) is 22.1. The average molecular weight is 405 g/mol. The van der Waals surface area contributed by atoms with Crippen LogP contribution in [0.3, 0.4) is 0 Å². The van der Waals surface area contributed by atoms with Crippen molar-refractivity contribution >= 4 is 29.8 Å². The van der Waals surface area contributed by atoms with Crippen LogP contribution in [0.15, 0.2) is 36.4 Å². The monoisotopic (exact) mass is 404 g/mol. The van der Waals surface area contributed by atoms with Crippen molar-refractivity contribution in [3.63, 3.8) is 0 Å². The molecular formula is C22H26ClFN2O2. The third-order valence-electron chi connectivity index (χ3n) is 4.88. The standard InChI is InChI=1S/C22H25FN2O2.ClH/c1-2-3-15-4-6-16(7-5-15)20(26)10-11-21(27)25-19-9-8-17-14-24-13-12-18(17)22(19)23;/h4-9,24H,2-3,10-14H2,1H3,(H,25,27);1H. The summed E-state index contributed by atoms with van der Waals surface area (Å²) in [5, 5.41) is 5.80. The maximum Gasteiger partial charge on any atom is 0.224 e. The lowest BCUT2D eigenvalue weighted by Gasteiger charge is -2.19.